The van der Waals surface area contributed by atoms with Gasteiger partial charge in [-0.25, -0.2) is 0 Å². The van der Waals surface area contributed by atoms with Crippen molar-refractivity contribution in [3.05, 3.63) is 62.9 Å². The normalized spacial score (nSPS) is 14.4. The van der Waals surface area contributed by atoms with E-state index in [0.29, 0.717) is 41.3 Å². The topological polar surface area (TPSA) is 73.0 Å². The van der Waals surface area contributed by atoms with Crippen LogP contribution in [-0.2, 0) is 7.05 Å². The van der Waals surface area contributed by atoms with Gasteiger partial charge in [-0.3, -0.25) is 14.3 Å². The maximum atomic E-state index is 12.8. The van der Waals surface area contributed by atoms with Gasteiger partial charge in [0.05, 0.1) is 22.2 Å². The Hall–Kier alpha value is -2.93. The SMILES string of the molecule is Cc1nn(C)cc1C(=O)N1CC=C(n2c(C)nc(=O)c3cc(Cl)ccc32)CC1. The van der Waals surface area contributed by atoms with Crippen LogP contribution >= 0.6 is 11.6 Å². The average molecular weight is 398 g/mol. The predicted octanol–water partition coefficient (Wildman–Crippen LogP) is 2.79. The largest absolute Gasteiger partial charge is 0.334 e. The number of aromatic nitrogens is 4. The molecule has 0 saturated carbocycles. The number of nitrogens with zero attached hydrogens (tertiary/aromatic N) is 5. The molecule has 3 heterocycles. The lowest BCUT2D eigenvalue weighted by Gasteiger charge is -2.28. The number of hydrogen-bond acceptors (Lipinski definition) is 4. The van der Waals surface area contributed by atoms with E-state index in [4.69, 9.17) is 11.6 Å². The van der Waals surface area contributed by atoms with Crippen LogP contribution < -0.4 is 5.56 Å². The third-order valence-electron chi connectivity index (χ3n) is 5.02. The molecule has 3 aromatic rings. The minimum absolute atomic E-state index is 0.0210. The fourth-order valence-electron chi connectivity index (χ4n) is 3.69. The van der Waals surface area contributed by atoms with Crippen LogP contribution in [-0.4, -0.2) is 43.2 Å². The smallest absolute Gasteiger partial charge is 0.280 e. The number of hydrogen-bond donors (Lipinski definition) is 0. The summed E-state index contributed by atoms with van der Waals surface area (Å²) < 4.78 is 3.63. The Kier molecular flexibility index (Phi) is 4.55. The van der Waals surface area contributed by atoms with Crippen molar-refractivity contribution in [3.63, 3.8) is 0 Å². The summed E-state index contributed by atoms with van der Waals surface area (Å²) in [6.45, 7) is 4.72. The van der Waals surface area contributed by atoms with E-state index in [1.165, 1.54) is 0 Å². The molecule has 0 unspecified atom stereocenters. The van der Waals surface area contributed by atoms with Gasteiger partial charge in [0.1, 0.15) is 5.82 Å². The summed E-state index contributed by atoms with van der Waals surface area (Å²) in [6.07, 6.45) is 4.43. The van der Waals surface area contributed by atoms with Crippen molar-refractivity contribution < 1.29 is 4.79 Å². The predicted molar refractivity (Wildman–Crippen MR) is 108 cm³/mol. The van der Waals surface area contributed by atoms with Gasteiger partial charge in [-0.05, 0) is 38.1 Å². The zero-order valence-corrected chi connectivity index (χ0v) is 16.7. The lowest BCUT2D eigenvalue weighted by molar-refractivity contribution is 0.0771. The van der Waals surface area contributed by atoms with Gasteiger partial charge in [-0.1, -0.05) is 11.6 Å². The molecule has 0 atom stereocenters. The molecule has 28 heavy (non-hydrogen) atoms. The summed E-state index contributed by atoms with van der Waals surface area (Å²) in [5.41, 5.74) is 2.86. The first-order chi connectivity index (χ1) is 13.3. The van der Waals surface area contributed by atoms with Gasteiger partial charge < -0.3 is 9.47 Å². The van der Waals surface area contributed by atoms with E-state index in [2.05, 4.69) is 10.1 Å². The number of benzene rings is 1. The highest BCUT2D eigenvalue weighted by Crippen LogP contribution is 2.25. The second kappa shape index (κ2) is 6.91. The van der Waals surface area contributed by atoms with Gasteiger partial charge in [0, 0.05) is 43.5 Å². The zero-order valence-electron chi connectivity index (χ0n) is 15.9. The van der Waals surface area contributed by atoms with E-state index in [1.807, 2.05) is 30.6 Å². The van der Waals surface area contributed by atoms with E-state index >= 15 is 0 Å². The van der Waals surface area contributed by atoms with E-state index in [1.54, 1.807) is 35.0 Å². The van der Waals surface area contributed by atoms with Crippen LogP contribution in [0.5, 0.6) is 0 Å². The number of carbonyl (C=O) groups excluding carboxylic acids is 1. The monoisotopic (exact) mass is 397 g/mol. The van der Waals surface area contributed by atoms with Crippen LogP contribution in [0.15, 0.2) is 35.3 Å². The third-order valence-corrected chi connectivity index (χ3v) is 5.26. The van der Waals surface area contributed by atoms with Crippen molar-refractivity contribution >= 4 is 34.1 Å². The second-order valence-electron chi connectivity index (χ2n) is 6.96. The summed E-state index contributed by atoms with van der Waals surface area (Å²) in [7, 11) is 1.81. The standard InChI is InChI=1S/C20H20ClN5O2/c1-12-17(11-24(3)23-12)20(28)25-8-6-15(7-9-25)26-13(2)22-19(27)16-10-14(21)4-5-18(16)26/h4-6,10-11H,7-9H2,1-3H3. The summed E-state index contributed by atoms with van der Waals surface area (Å²) in [6, 6.07) is 5.25. The molecule has 2 aromatic heterocycles. The first-order valence-corrected chi connectivity index (χ1v) is 9.41. The zero-order chi connectivity index (χ0) is 20.0. The Bertz CT molecular complexity index is 1190. The highest BCUT2D eigenvalue weighted by molar-refractivity contribution is 6.31. The number of amides is 1. The van der Waals surface area contributed by atoms with Crippen LogP contribution in [0, 0.1) is 13.8 Å². The molecule has 0 radical (unpaired) electrons. The molecule has 0 spiro atoms. The Morgan fingerprint density at radius 2 is 2.04 bits per heavy atom. The molecule has 7 nitrogen and oxygen atoms in total. The first kappa shape index (κ1) is 18.4. The minimum Gasteiger partial charge on any atom is -0.334 e. The Labute approximate surface area is 166 Å². The van der Waals surface area contributed by atoms with Crippen LogP contribution in [0.4, 0.5) is 0 Å². The van der Waals surface area contributed by atoms with Crippen molar-refractivity contribution in [2.24, 2.45) is 7.05 Å². The molecule has 0 fully saturated rings. The molecule has 8 heteroatoms. The Morgan fingerprint density at radius 3 is 2.68 bits per heavy atom. The molecule has 0 N–H and O–H groups in total. The van der Waals surface area contributed by atoms with Gasteiger partial charge >= 0.3 is 0 Å². The summed E-state index contributed by atoms with van der Waals surface area (Å²) in [5.74, 6) is 0.598. The van der Waals surface area contributed by atoms with Gasteiger partial charge in [-0.15, -0.1) is 0 Å². The molecular formula is C20H20ClN5O2. The van der Waals surface area contributed by atoms with Crippen molar-refractivity contribution in [1.29, 1.82) is 0 Å². The molecule has 1 amide bonds. The Balaban J connectivity index is 1.68. The fraction of sp³-hybridized carbons (Fsp3) is 0.300. The maximum absolute atomic E-state index is 12.8. The molecule has 0 aliphatic carbocycles. The second-order valence-corrected chi connectivity index (χ2v) is 7.40. The van der Waals surface area contributed by atoms with Gasteiger partial charge in [-0.2, -0.15) is 10.1 Å². The molecule has 0 saturated heterocycles. The molecule has 1 aliphatic rings. The van der Waals surface area contributed by atoms with E-state index in [9.17, 15) is 9.59 Å². The molecular weight excluding hydrogens is 378 g/mol. The van der Waals surface area contributed by atoms with Crippen molar-refractivity contribution in [2.75, 3.05) is 13.1 Å². The summed E-state index contributed by atoms with van der Waals surface area (Å²) >= 11 is 6.05. The van der Waals surface area contributed by atoms with Crippen LogP contribution in [0.25, 0.3) is 16.6 Å². The lowest BCUT2D eigenvalue weighted by atomic mass is 10.1. The number of aryl methyl sites for hydroxylation is 3. The highest BCUT2D eigenvalue weighted by Gasteiger charge is 2.23. The summed E-state index contributed by atoms with van der Waals surface area (Å²) in [4.78, 5) is 31.0. The highest BCUT2D eigenvalue weighted by atomic mass is 35.5. The van der Waals surface area contributed by atoms with Gasteiger partial charge in [0.2, 0.25) is 0 Å². The number of rotatable bonds is 2. The fourth-order valence-corrected chi connectivity index (χ4v) is 3.87. The van der Waals surface area contributed by atoms with E-state index in [0.717, 1.165) is 16.9 Å². The van der Waals surface area contributed by atoms with E-state index < -0.39 is 0 Å². The van der Waals surface area contributed by atoms with Crippen molar-refractivity contribution in [1.82, 2.24) is 24.2 Å². The molecule has 1 aromatic carbocycles. The lowest BCUT2D eigenvalue weighted by Crippen LogP contribution is -2.35. The van der Waals surface area contributed by atoms with E-state index in [-0.39, 0.29) is 11.5 Å². The van der Waals surface area contributed by atoms with Crippen LogP contribution in [0.3, 0.4) is 0 Å². The molecule has 4 rings (SSSR count). The molecule has 144 valence electrons. The quantitative estimate of drug-likeness (QED) is 0.666. The van der Waals surface area contributed by atoms with Gasteiger partial charge in [0.25, 0.3) is 11.5 Å². The molecule has 1 aliphatic heterocycles. The average Bonchev–Trinajstić information content (AvgIpc) is 3.00. The van der Waals surface area contributed by atoms with Crippen LogP contribution in [0.1, 0.15) is 28.3 Å². The maximum Gasteiger partial charge on any atom is 0.280 e. The number of halogens is 1. The first-order valence-electron chi connectivity index (χ1n) is 9.03. The minimum atomic E-state index is -0.286. The Morgan fingerprint density at radius 1 is 1.25 bits per heavy atom. The molecule has 0 bridgehead atoms. The van der Waals surface area contributed by atoms with Crippen LogP contribution in [0.2, 0.25) is 5.02 Å². The van der Waals surface area contributed by atoms with Gasteiger partial charge in [0.15, 0.2) is 0 Å². The summed E-state index contributed by atoms with van der Waals surface area (Å²) in [5, 5.41) is 5.24. The van der Waals surface area contributed by atoms with Crippen molar-refractivity contribution in [2.45, 2.75) is 20.3 Å². The van der Waals surface area contributed by atoms with Crippen molar-refractivity contribution in [3.8, 4) is 0 Å². The number of carbonyl (C=O) groups is 1. The number of fused-ring (bicyclic) bond motifs is 1. The third kappa shape index (κ3) is 3.11.